The molecule has 1 aliphatic heterocycles. The monoisotopic (exact) mass is 570 g/mol. The highest BCUT2D eigenvalue weighted by molar-refractivity contribution is 7.99. The first-order valence-electron chi connectivity index (χ1n) is 13.1. The highest BCUT2D eigenvalue weighted by atomic mass is 35.5. The number of nitrogens with zero attached hydrogens (tertiary/aromatic N) is 1. The number of nitrogens with one attached hydrogen (secondary N) is 1. The third-order valence-corrected chi connectivity index (χ3v) is 9.97. The van der Waals surface area contributed by atoms with Crippen LogP contribution in [0.4, 0.5) is 0 Å². The van der Waals surface area contributed by atoms with Crippen LogP contribution >= 0.6 is 23.4 Å². The summed E-state index contributed by atoms with van der Waals surface area (Å²) in [4.78, 5) is 15.4. The van der Waals surface area contributed by atoms with Crippen molar-refractivity contribution in [3.8, 4) is 0 Å². The molecule has 38 heavy (non-hydrogen) atoms. The van der Waals surface area contributed by atoms with Gasteiger partial charge in [0.1, 0.15) is 0 Å². The highest BCUT2D eigenvalue weighted by Gasteiger charge is 2.32. The van der Waals surface area contributed by atoms with Gasteiger partial charge in [-0.2, -0.15) is 4.31 Å². The first-order chi connectivity index (χ1) is 18.2. The van der Waals surface area contributed by atoms with Crippen LogP contribution in [0.1, 0.15) is 49.5 Å². The Labute approximate surface area is 236 Å². The van der Waals surface area contributed by atoms with Gasteiger partial charge in [0.15, 0.2) is 0 Å². The summed E-state index contributed by atoms with van der Waals surface area (Å²) in [6.45, 7) is 7.18. The molecule has 0 radical (unpaired) electrons. The summed E-state index contributed by atoms with van der Waals surface area (Å²) in [6, 6.07) is 22.2. The average Bonchev–Trinajstić information content (AvgIpc) is 2.88. The summed E-state index contributed by atoms with van der Waals surface area (Å²) in [5.41, 5.74) is 1.48. The Kier molecular flexibility index (Phi) is 9.58. The minimum Gasteiger partial charge on any atom is -0.349 e. The van der Waals surface area contributed by atoms with Gasteiger partial charge in [-0.05, 0) is 73.1 Å². The summed E-state index contributed by atoms with van der Waals surface area (Å²) >= 11 is 7.59. The van der Waals surface area contributed by atoms with E-state index in [1.165, 1.54) is 17.8 Å². The predicted octanol–water partition coefficient (Wildman–Crippen LogP) is 6.91. The van der Waals surface area contributed by atoms with E-state index in [-0.39, 0.29) is 28.7 Å². The summed E-state index contributed by atoms with van der Waals surface area (Å²) < 4.78 is 28.9. The highest BCUT2D eigenvalue weighted by Crippen LogP contribution is 2.35. The molecule has 3 unspecified atom stereocenters. The molecule has 8 heteroatoms. The molecule has 0 bridgehead atoms. The van der Waals surface area contributed by atoms with Crippen molar-refractivity contribution in [2.24, 2.45) is 11.8 Å². The minimum atomic E-state index is -3.74. The van der Waals surface area contributed by atoms with Crippen LogP contribution in [0.2, 0.25) is 5.02 Å². The van der Waals surface area contributed by atoms with Gasteiger partial charge in [-0.1, -0.05) is 80.5 Å². The van der Waals surface area contributed by atoms with Crippen molar-refractivity contribution in [1.29, 1.82) is 0 Å². The van der Waals surface area contributed by atoms with Crippen LogP contribution in [0.5, 0.6) is 0 Å². The summed E-state index contributed by atoms with van der Waals surface area (Å²) in [5.74, 6) is 0.296. The van der Waals surface area contributed by atoms with E-state index in [9.17, 15) is 13.2 Å². The molecule has 1 amide bonds. The molecule has 5 nitrogen and oxygen atoms in total. The number of sulfonamides is 1. The molecule has 4 rings (SSSR count). The molecule has 0 aliphatic carbocycles. The van der Waals surface area contributed by atoms with Gasteiger partial charge in [0.25, 0.3) is 5.91 Å². The zero-order valence-corrected chi connectivity index (χ0v) is 24.5. The van der Waals surface area contributed by atoms with Crippen molar-refractivity contribution in [1.82, 2.24) is 9.62 Å². The Bertz CT molecular complexity index is 1350. The molecule has 1 heterocycles. The van der Waals surface area contributed by atoms with Crippen molar-refractivity contribution in [3.63, 3.8) is 0 Å². The molecule has 0 saturated carbocycles. The summed E-state index contributed by atoms with van der Waals surface area (Å²) in [5, 5.41) is 3.75. The summed E-state index contributed by atoms with van der Waals surface area (Å²) in [7, 11) is -3.74. The lowest BCUT2D eigenvalue weighted by molar-refractivity contribution is 0.0932. The van der Waals surface area contributed by atoms with Gasteiger partial charge in [0.05, 0.1) is 10.5 Å². The van der Waals surface area contributed by atoms with Gasteiger partial charge < -0.3 is 5.32 Å². The van der Waals surface area contributed by atoms with E-state index in [1.54, 1.807) is 22.5 Å². The second-order valence-electron chi connectivity index (χ2n) is 10.3. The van der Waals surface area contributed by atoms with Gasteiger partial charge in [0, 0.05) is 33.9 Å². The van der Waals surface area contributed by atoms with Crippen LogP contribution in [0, 0.1) is 11.8 Å². The van der Waals surface area contributed by atoms with Crippen LogP contribution in [0.3, 0.4) is 0 Å². The zero-order valence-electron chi connectivity index (χ0n) is 22.1. The zero-order chi connectivity index (χ0) is 27.3. The quantitative estimate of drug-likeness (QED) is 0.303. The molecule has 0 aromatic heterocycles. The lowest BCUT2D eigenvalue weighted by Crippen LogP contribution is -2.42. The molecule has 1 fully saturated rings. The first kappa shape index (κ1) is 28.7. The Morgan fingerprint density at radius 2 is 1.74 bits per heavy atom. The maximum Gasteiger partial charge on any atom is 0.252 e. The molecule has 202 valence electrons. The van der Waals surface area contributed by atoms with Crippen LogP contribution in [0.15, 0.2) is 87.5 Å². The van der Waals surface area contributed by atoms with E-state index in [4.69, 9.17) is 11.6 Å². The molecule has 0 spiro atoms. The first-order valence-corrected chi connectivity index (χ1v) is 15.7. The lowest BCUT2D eigenvalue weighted by atomic mass is 9.94. The van der Waals surface area contributed by atoms with Gasteiger partial charge in [-0.3, -0.25) is 4.79 Å². The van der Waals surface area contributed by atoms with Crippen LogP contribution in [-0.4, -0.2) is 37.8 Å². The number of carbonyl (C=O) groups is 1. The fourth-order valence-corrected chi connectivity index (χ4v) is 7.95. The number of halogens is 1. The molecule has 3 aromatic carbocycles. The summed E-state index contributed by atoms with van der Waals surface area (Å²) in [6.07, 6.45) is 2.45. The smallest absolute Gasteiger partial charge is 0.252 e. The number of carbonyl (C=O) groups excluding carboxylic acids is 1. The minimum absolute atomic E-state index is 0.0852. The van der Waals surface area contributed by atoms with E-state index in [2.05, 4.69) is 19.2 Å². The average molecular weight is 571 g/mol. The maximum atomic E-state index is 13.7. The number of amides is 1. The molecule has 1 saturated heterocycles. The largest absolute Gasteiger partial charge is 0.349 e. The third kappa shape index (κ3) is 7.20. The van der Waals surface area contributed by atoms with Gasteiger partial charge in [-0.15, -0.1) is 0 Å². The van der Waals surface area contributed by atoms with E-state index >= 15 is 0 Å². The molecule has 3 aromatic rings. The Balaban J connectivity index is 1.67. The van der Waals surface area contributed by atoms with Crippen molar-refractivity contribution in [3.05, 3.63) is 88.9 Å². The standard InChI is InChI=1S/C30H35ClN2O3S2/c1-4-25(16-23-9-6-5-7-10-23)32-30(34)28-18-27(38(35,36)33-19-21(2)15-22(3)20-33)13-14-29(28)37-26-12-8-11-24(31)17-26/h5-14,17-18,21-22,25H,4,15-16,19-20H2,1-3H3,(H,32,34). The number of benzene rings is 3. The van der Waals surface area contributed by atoms with Gasteiger partial charge >= 0.3 is 0 Å². The van der Waals surface area contributed by atoms with Crippen LogP contribution in [0.25, 0.3) is 0 Å². The number of rotatable bonds is 9. The number of hydrogen-bond donors (Lipinski definition) is 1. The lowest BCUT2D eigenvalue weighted by Gasteiger charge is -2.34. The molecule has 3 atom stereocenters. The predicted molar refractivity (Wildman–Crippen MR) is 155 cm³/mol. The van der Waals surface area contributed by atoms with Crippen molar-refractivity contribution in [2.75, 3.05) is 13.1 Å². The Morgan fingerprint density at radius 1 is 1.03 bits per heavy atom. The maximum absolute atomic E-state index is 13.7. The molecule has 1 aliphatic rings. The van der Waals surface area contributed by atoms with E-state index in [1.807, 2.05) is 55.5 Å². The second-order valence-corrected chi connectivity index (χ2v) is 13.7. The fourth-order valence-electron chi connectivity index (χ4n) is 5.00. The number of piperidine rings is 1. The normalized spacial score (nSPS) is 19.2. The third-order valence-electron chi connectivity index (χ3n) is 6.85. The molecular weight excluding hydrogens is 536 g/mol. The van der Waals surface area contributed by atoms with Crippen molar-refractivity contribution < 1.29 is 13.2 Å². The van der Waals surface area contributed by atoms with Gasteiger partial charge in [-0.25, -0.2) is 8.42 Å². The van der Waals surface area contributed by atoms with E-state index < -0.39 is 10.0 Å². The second kappa shape index (κ2) is 12.7. The molecular formula is C30H35ClN2O3S2. The van der Waals surface area contributed by atoms with Crippen molar-refractivity contribution in [2.45, 2.75) is 60.8 Å². The fraction of sp³-hybridized carbons (Fsp3) is 0.367. The topological polar surface area (TPSA) is 66.5 Å². The van der Waals surface area contributed by atoms with Crippen molar-refractivity contribution >= 4 is 39.3 Å². The Hall–Kier alpha value is -2.32. The van der Waals surface area contributed by atoms with Crippen LogP contribution < -0.4 is 5.32 Å². The molecule has 1 N–H and O–H groups in total. The Morgan fingerprint density at radius 3 is 2.39 bits per heavy atom. The van der Waals surface area contributed by atoms with E-state index in [0.717, 1.165) is 23.3 Å². The van der Waals surface area contributed by atoms with E-state index in [0.29, 0.717) is 35.0 Å². The SMILES string of the molecule is CCC(Cc1ccccc1)NC(=O)c1cc(S(=O)(=O)N2CC(C)CC(C)C2)ccc1Sc1cccc(Cl)c1. The number of hydrogen-bond acceptors (Lipinski definition) is 4. The van der Waals surface area contributed by atoms with Gasteiger partial charge in [0.2, 0.25) is 10.0 Å². The van der Waals surface area contributed by atoms with Crippen LogP contribution in [-0.2, 0) is 16.4 Å².